The van der Waals surface area contributed by atoms with Crippen LogP contribution in [0.15, 0.2) is 41.3 Å². The number of carbonyl (C=O) groups is 1. The van der Waals surface area contributed by atoms with Gasteiger partial charge >= 0.3 is 0 Å². The maximum atomic E-state index is 13.1. The lowest BCUT2D eigenvalue weighted by molar-refractivity contribution is -0.122. The third-order valence-corrected chi connectivity index (χ3v) is 6.71. The van der Waals surface area contributed by atoms with Crippen molar-refractivity contribution in [3.05, 3.63) is 47.5 Å². The molecule has 176 valence electrons. The monoisotopic (exact) mass is 462 g/mol. The summed E-state index contributed by atoms with van der Waals surface area (Å²) in [6, 6.07) is 9.87. The van der Waals surface area contributed by atoms with E-state index in [0.717, 1.165) is 11.1 Å². The van der Waals surface area contributed by atoms with Crippen molar-refractivity contribution in [2.75, 3.05) is 23.3 Å². The van der Waals surface area contributed by atoms with Crippen molar-refractivity contribution in [1.29, 1.82) is 0 Å². The van der Waals surface area contributed by atoms with Gasteiger partial charge in [0, 0.05) is 17.4 Å². The van der Waals surface area contributed by atoms with Gasteiger partial charge in [-0.3, -0.25) is 9.52 Å². The first-order valence-electron chi connectivity index (χ1n) is 10.8. The molecule has 8 heteroatoms. The first-order chi connectivity index (χ1) is 15.0. The molecule has 0 heterocycles. The summed E-state index contributed by atoms with van der Waals surface area (Å²) in [5, 5.41) is 12.2. The first kappa shape index (κ1) is 25.7. The molecule has 0 saturated carbocycles. The van der Waals surface area contributed by atoms with E-state index in [1.165, 1.54) is 18.2 Å². The van der Waals surface area contributed by atoms with Crippen molar-refractivity contribution in [1.82, 2.24) is 0 Å². The first-order valence-corrected chi connectivity index (χ1v) is 12.3. The lowest BCUT2D eigenvalue weighted by Gasteiger charge is -2.19. The summed E-state index contributed by atoms with van der Waals surface area (Å²) in [4.78, 5) is 12.4. The molecule has 0 bridgehead atoms. The largest absolute Gasteiger partial charge is 0.492 e. The molecule has 0 unspecified atom stereocenters. The number of rotatable bonds is 10. The summed E-state index contributed by atoms with van der Waals surface area (Å²) >= 11 is 0. The summed E-state index contributed by atoms with van der Waals surface area (Å²) in [5.74, 6) is -0.540. The van der Waals surface area contributed by atoms with E-state index in [1.54, 1.807) is 13.0 Å². The number of anilines is 2. The van der Waals surface area contributed by atoms with Gasteiger partial charge < -0.3 is 15.2 Å². The Balaban J connectivity index is 2.35. The fourth-order valence-corrected chi connectivity index (χ4v) is 4.62. The van der Waals surface area contributed by atoms with Gasteiger partial charge in [0.15, 0.2) is 0 Å². The summed E-state index contributed by atoms with van der Waals surface area (Å²) in [7, 11) is -3.93. The molecule has 0 aliphatic heterocycles. The average Bonchev–Trinajstić information content (AvgIpc) is 2.69. The molecule has 2 rings (SSSR count). The molecule has 0 aliphatic carbocycles. The molecule has 3 N–H and O–H groups in total. The van der Waals surface area contributed by atoms with Gasteiger partial charge in [0.25, 0.3) is 10.0 Å². The summed E-state index contributed by atoms with van der Waals surface area (Å²) in [5.41, 5.74) is 3.04. The van der Waals surface area contributed by atoms with Crippen LogP contribution in [0.1, 0.15) is 51.7 Å². The van der Waals surface area contributed by atoms with E-state index < -0.39 is 15.9 Å². The standard InChI is InChI=1S/C24H34N2O5S/c1-7-31-22-13-18(25-24(28)21(14-27)16(4)5)10-11-23(22)32(29,30)26-19-9-8-17(6)20(12-19)15(2)3/h8-13,15-16,21,26-27H,7,14H2,1-6H3,(H,25,28)/t21-/m0/s1. The smallest absolute Gasteiger partial charge is 0.265 e. The number of hydrogen-bond donors (Lipinski definition) is 3. The Bertz CT molecular complexity index is 1050. The Morgan fingerprint density at radius 3 is 2.28 bits per heavy atom. The van der Waals surface area contributed by atoms with Crippen LogP contribution in [0.25, 0.3) is 0 Å². The molecular formula is C24H34N2O5S. The van der Waals surface area contributed by atoms with Gasteiger partial charge in [-0.15, -0.1) is 0 Å². The lowest BCUT2D eigenvalue weighted by Crippen LogP contribution is -2.29. The maximum absolute atomic E-state index is 13.1. The van der Waals surface area contributed by atoms with E-state index in [-0.39, 0.29) is 41.6 Å². The molecule has 0 aromatic heterocycles. The summed E-state index contributed by atoms with van der Waals surface area (Å²) < 4.78 is 34.5. The van der Waals surface area contributed by atoms with Crippen LogP contribution < -0.4 is 14.8 Å². The van der Waals surface area contributed by atoms with E-state index >= 15 is 0 Å². The zero-order valence-corrected chi connectivity index (χ0v) is 20.4. The molecule has 7 nitrogen and oxygen atoms in total. The second-order valence-electron chi connectivity index (χ2n) is 8.45. The molecule has 0 radical (unpaired) electrons. The number of nitrogens with one attached hydrogen (secondary N) is 2. The minimum atomic E-state index is -3.93. The number of ether oxygens (including phenoxy) is 1. The average molecular weight is 463 g/mol. The van der Waals surface area contributed by atoms with Gasteiger partial charge in [0.2, 0.25) is 5.91 Å². The van der Waals surface area contributed by atoms with Crippen LogP contribution in [0, 0.1) is 18.8 Å². The number of aliphatic hydroxyl groups excluding tert-OH is 1. The van der Waals surface area contributed by atoms with Crippen LogP contribution in [-0.2, 0) is 14.8 Å². The normalized spacial score (nSPS) is 12.7. The van der Waals surface area contributed by atoms with Crippen LogP contribution in [-0.4, -0.2) is 32.6 Å². The Labute approximate surface area is 191 Å². The zero-order chi connectivity index (χ0) is 24.1. The minimum absolute atomic E-state index is 0.0217. The highest BCUT2D eigenvalue weighted by atomic mass is 32.2. The number of sulfonamides is 1. The van der Waals surface area contributed by atoms with Crippen molar-refractivity contribution in [3.63, 3.8) is 0 Å². The van der Waals surface area contributed by atoms with Gasteiger partial charge in [-0.1, -0.05) is 33.8 Å². The number of amides is 1. The number of aryl methyl sites for hydroxylation is 1. The predicted molar refractivity (Wildman–Crippen MR) is 128 cm³/mol. The Hall–Kier alpha value is -2.58. The second kappa shape index (κ2) is 10.8. The SMILES string of the molecule is CCOc1cc(NC(=O)[C@@H](CO)C(C)C)ccc1S(=O)(=O)Nc1ccc(C)c(C(C)C)c1. The Morgan fingerprint density at radius 2 is 1.72 bits per heavy atom. The van der Waals surface area contributed by atoms with Gasteiger partial charge in [0.1, 0.15) is 10.6 Å². The Morgan fingerprint density at radius 1 is 1.06 bits per heavy atom. The third-order valence-electron chi connectivity index (χ3n) is 5.29. The predicted octanol–water partition coefficient (Wildman–Crippen LogP) is 4.52. The summed E-state index contributed by atoms with van der Waals surface area (Å²) in [6.07, 6.45) is 0. The van der Waals surface area contributed by atoms with Gasteiger partial charge in [-0.2, -0.15) is 0 Å². The number of benzene rings is 2. The highest BCUT2D eigenvalue weighted by molar-refractivity contribution is 7.92. The van der Waals surface area contributed by atoms with Crippen LogP contribution in [0.3, 0.4) is 0 Å². The van der Waals surface area contributed by atoms with Gasteiger partial charge in [-0.25, -0.2) is 8.42 Å². The van der Waals surface area contributed by atoms with Gasteiger partial charge in [0.05, 0.1) is 19.1 Å². The van der Waals surface area contributed by atoms with Crippen molar-refractivity contribution in [2.24, 2.45) is 11.8 Å². The topological polar surface area (TPSA) is 105 Å². The molecule has 0 aliphatic rings. The number of aliphatic hydroxyl groups is 1. The Kier molecular flexibility index (Phi) is 8.69. The molecular weight excluding hydrogens is 428 g/mol. The zero-order valence-electron chi connectivity index (χ0n) is 19.6. The molecule has 2 aromatic carbocycles. The summed E-state index contributed by atoms with van der Waals surface area (Å²) in [6.45, 7) is 11.6. The molecule has 2 aromatic rings. The highest BCUT2D eigenvalue weighted by Crippen LogP contribution is 2.31. The maximum Gasteiger partial charge on any atom is 0.265 e. The van der Waals surface area contributed by atoms with E-state index in [2.05, 4.69) is 23.9 Å². The van der Waals surface area contributed by atoms with Crippen molar-refractivity contribution >= 4 is 27.3 Å². The molecule has 0 saturated heterocycles. The fraction of sp³-hybridized carbons (Fsp3) is 0.458. The van der Waals surface area contributed by atoms with Crippen molar-refractivity contribution in [2.45, 2.75) is 52.4 Å². The molecule has 1 atom stereocenters. The number of carbonyl (C=O) groups excluding carboxylic acids is 1. The molecule has 0 fully saturated rings. The van der Waals surface area contributed by atoms with Crippen LogP contribution in [0.4, 0.5) is 11.4 Å². The van der Waals surface area contributed by atoms with Gasteiger partial charge in [-0.05, 0) is 61.1 Å². The van der Waals surface area contributed by atoms with E-state index in [9.17, 15) is 18.3 Å². The highest BCUT2D eigenvalue weighted by Gasteiger charge is 2.24. The molecule has 1 amide bonds. The molecule has 32 heavy (non-hydrogen) atoms. The minimum Gasteiger partial charge on any atom is -0.492 e. The van der Waals surface area contributed by atoms with E-state index in [4.69, 9.17) is 4.74 Å². The quantitative estimate of drug-likeness (QED) is 0.481. The van der Waals surface area contributed by atoms with E-state index in [1.807, 2.05) is 32.9 Å². The van der Waals surface area contributed by atoms with Crippen LogP contribution in [0.5, 0.6) is 5.75 Å². The lowest BCUT2D eigenvalue weighted by atomic mass is 9.96. The van der Waals surface area contributed by atoms with Crippen molar-refractivity contribution < 1.29 is 23.1 Å². The van der Waals surface area contributed by atoms with Crippen LogP contribution in [0.2, 0.25) is 0 Å². The van der Waals surface area contributed by atoms with Crippen LogP contribution >= 0.6 is 0 Å². The van der Waals surface area contributed by atoms with Crippen molar-refractivity contribution in [3.8, 4) is 5.75 Å². The fourth-order valence-electron chi connectivity index (χ4n) is 3.44. The molecule has 0 spiro atoms. The number of hydrogen-bond acceptors (Lipinski definition) is 5. The third kappa shape index (κ3) is 6.23. The van der Waals surface area contributed by atoms with E-state index in [0.29, 0.717) is 11.4 Å². The second-order valence-corrected chi connectivity index (χ2v) is 10.1.